The lowest BCUT2D eigenvalue weighted by atomic mass is 9.79. The molecule has 1 aliphatic carbocycles. The van der Waals surface area contributed by atoms with Crippen molar-refractivity contribution in [2.75, 3.05) is 20.3 Å². The van der Waals surface area contributed by atoms with Crippen LogP contribution in [0.2, 0.25) is 0 Å². The zero-order chi connectivity index (χ0) is 12.8. The summed E-state index contributed by atoms with van der Waals surface area (Å²) in [6, 6.07) is 0.714. The number of hydrogen-bond acceptors (Lipinski definition) is 2. The van der Waals surface area contributed by atoms with E-state index in [0.29, 0.717) is 6.04 Å². The fraction of sp³-hybridized carbons (Fsp3) is 1.00. The number of nitrogens with one attached hydrogen (secondary N) is 1. The monoisotopic (exact) mass is 253 g/mol. The molecule has 2 aliphatic rings. The lowest BCUT2D eigenvalue weighted by molar-refractivity contribution is 0.00982. The standard InChI is InChI=1S/C16H31NO/c1-13-12-18-11-10-15(13)16(17-2)9-8-14-6-4-3-5-7-14/h13-17H,3-12H2,1-2H3. The zero-order valence-corrected chi connectivity index (χ0v) is 12.3. The Kier molecular flexibility index (Phi) is 5.97. The Balaban J connectivity index is 1.76. The van der Waals surface area contributed by atoms with Crippen LogP contribution in [0.1, 0.15) is 58.3 Å². The molecular formula is C16H31NO. The van der Waals surface area contributed by atoms with Gasteiger partial charge in [-0.15, -0.1) is 0 Å². The van der Waals surface area contributed by atoms with Crippen LogP contribution < -0.4 is 5.32 Å². The lowest BCUT2D eigenvalue weighted by Gasteiger charge is -2.36. The minimum Gasteiger partial charge on any atom is -0.381 e. The molecule has 0 amide bonds. The number of ether oxygens (including phenoxy) is 1. The molecule has 1 aliphatic heterocycles. The Hall–Kier alpha value is -0.0800. The maximum atomic E-state index is 5.57. The van der Waals surface area contributed by atoms with Gasteiger partial charge in [0.1, 0.15) is 0 Å². The van der Waals surface area contributed by atoms with E-state index in [0.717, 1.165) is 31.0 Å². The first kappa shape index (κ1) is 14.3. The summed E-state index contributed by atoms with van der Waals surface area (Å²) in [5.74, 6) is 2.57. The van der Waals surface area contributed by atoms with Crippen LogP contribution in [0.5, 0.6) is 0 Å². The Morgan fingerprint density at radius 1 is 1.17 bits per heavy atom. The van der Waals surface area contributed by atoms with Gasteiger partial charge in [0, 0.05) is 19.3 Å². The van der Waals surface area contributed by atoms with E-state index in [1.165, 1.54) is 51.4 Å². The summed E-state index contributed by atoms with van der Waals surface area (Å²) in [4.78, 5) is 0. The van der Waals surface area contributed by atoms with Gasteiger partial charge < -0.3 is 10.1 Å². The van der Waals surface area contributed by atoms with Gasteiger partial charge in [0.25, 0.3) is 0 Å². The highest BCUT2D eigenvalue weighted by atomic mass is 16.5. The van der Waals surface area contributed by atoms with Crippen molar-refractivity contribution in [2.45, 2.75) is 64.3 Å². The van der Waals surface area contributed by atoms with Crippen LogP contribution in [0.3, 0.4) is 0 Å². The minimum atomic E-state index is 0.714. The molecule has 2 fully saturated rings. The van der Waals surface area contributed by atoms with Crippen molar-refractivity contribution in [3.8, 4) is 0 Å². The summed E-state index contributed by atoms with van der Waals surface area (Å²) in [5.41, 5.74) is 0. The smallest absolute Gasteiger partial charge is 0.0494 e. The second kappa shape index (κ2) is 7.49. The molecule has 106 valence electrons. The predicted octanol–water partition coefficient (Wildman–Crippen LogP) is 3.61. The van der Waals surface area contributed by atoms with E-state index in [1.807, 2.05) is 0 Å². The molecule has 0 aromatic rings. The van der Waals surface area contributed by atoms with Crippen LogP contribution in [-0.2, 0) is 4.74 Å². The molecule has 0 spiro atoms. The molecule has 18 heavy (non-hydrogen) atoms. The SMILES string of the molecule is CNC(CCC1CCCCC1)C1CCOCC1C. The molecule has 0 bridgehead atoms. The summed E-state index contributed by atoms with van der Waals surface area (Å²) >= 11 is 0. The van der Waals surface area contributed by atoms with E-state index in [4.69, 9.17) is 4.74 Å². The first-order valence-electron chi connectivity index (χ1n) is 8.06. The molecule has 2 nitrogen and oxygen atoms in total. The molecule has 0 radical (unpaired) electrons. The van der Waals surface area contributed by atoms with Gasteiger partial charge in [-0.05, 0) is 44.1 Å². The predicted molar refractivity (Wildman–Crippen MR) is 76.7 cm³/mol. The van der Waals surface area contributed by atoms with Gasteiger partial charge in [0.15, 0.2) is 0 Å². The molecule has 2 heteroatoms. The van der Waals surface area contributed by atoms with Crippen molar-refractivity contribution in [1.29, 1.82) is 0 Å². The third kappa shape index (κ3) is 3.96. The van der Waals surface area contributed by atoms with Gasteiger partial charge in [-0.25, -0.2) is 0 Å². The highest BCUT2D eigenvalue weighted by Crippen LogP contribution is 2.31. The van der Waals surface area contributed by atoms with E-state index in [-0.39, 0.29) is 0 Å². The Morgan fingerprint density at radius 2 is 1.94 bits per heavy atom. The first-order valence-corrected chi connectivity index (χ1v) is 8.06. The largest absolute Gasteiger partial charge is 0.381 e. The summed E-state index contributed by atoms with van der Waals surface area (Å²) in [6.07, 6.45) is 11.5. The molecule has 0 aromatic carbocycles. The van der Waals surface area contributed by atoms with E-state index in [2.05, 4.69) is 19.3 Å². The van der Waals surface area contributed by atoms with Crippen molar-refractivity contribution in [3.63, 3.8) is 0 Å². The third-order valence-corrected chi connectivity index (χ3v) is 5.21. The maximum absolute atomic E-state index is 5.57. The summed E-state index contributed by atoms with van der Waals surface area (Å²) in [5, 5.41) is 3.59. The molecule has 1 saturated heterocycles. The summed E-state index contributed by atoms with van der Waals surface area (Å²) in [6.45, 7) is 4.29. The fourth-order valence-electron chi connectivity index (χ4n) is 3.96. The van der Waals surface area contributed by atoms with Crippen molar-refractivity contribution >= 4 is 0 Å². The van der Waals surface area contributed by atoms with E-state index in [1.54, 1.807) is 0 Å². The molecule has 1 N–H and O–H groups in total. The van der Waals surface area contributed by atoms with Crippen LogP contribution in [-0.4, -0.2) is 26.3 Å². The zero-order valence-electron chi connectivity index (χ0n) is 12.3. The molecule has 2 rings (SSSR count). The van der Waals surface area contributed by atoms with Crippen molar-refractivity contribution in [2.24, 2.45) is 17.8 Å². The van der Waals surface area contributed by atoms with Crippen LogP contribution >= 0.6 is 0 Å². The Morgan fingerprint density at radius 3 is 2.61 bits per heavy atom. The van der Waals surface area contributed by atoms with Crippen molar-refractivity contribution in [1.82, 2.24) is 5.32 Å². The average molecular weight is 253 g/mol. The second-order valence-corrected chi connectivity index (χ2v) is 6.48. The van der Waals surface area contributed by atoms with Gasteiger partial charge in [0.05, 0.1) is 0 Å². The lowest BCUT2D eigenvalue weighted by Crippen LogP contribution is -2.41. The normalized spacial score (nSPS) is 32.3. The first-order chi connectivity index (χ1) is 8.81. The van der Waals surface area contributed by atoms with E-state index < -0.39 is 0 Å². The highest BCUT2D eigenvalue weighted by molar-refractivity contribution is 4.82. The maximum Gasteiger partial charge on any atom is 0.0494 e. The molecule has 3 atom stereocenters. The van der Waals surface area contributed by atoms with Gasteiger partial charge >= 0.3 is 0 Å². The van der Waals surface area contributed by atoms with Crippen molar-refractivity contribution < 1.29 is 4.74 Å². The van der Waals surface area contributed by atoms with Crippen LogP contribution in [0, 0.1) is 17.8 Å². The Bertz CT molecular complexity index is 225. The molecule has 0 aromatic heterocycles. The number of rotatable bonds is 5. The van der Waals surface area contributed by atoms with Crippen molar-refractivity contribution in [3.05, 3.63) is 0 Å². The van der Waals surface area contributed by atoms with Gasteiger partial charge in [-0.2, -0.15) is 0 Å². The molecule has 1 saturated carbocycles. The quantitative estimate of drug-likeness (QED) is 0.808. The molecule has 1 heterocycles. The fourth-order valence-corrected chi connectivity index (χ4v) is 3.96. The van der Waals surface area contributed by atoms with E-state index >= 15 is 0 Å². The molecule has 3 unspecified atom stereocenters. The highest BCUT2D eigenvalue weighted by Gasteiger charge is 2.29. The minimum absolute atomic E-state index is 0.714. The van der Waals surface area contributed by atoms with Crippen LogP contribution in [0.4, 0.5) is 0 Å². The molecular weight excluding hydrogens is 222 g/mol. The van der Waals surface area contributed by atoms with E-state index in [9.17, 15) is 0 Å². The van der Waals surface area contributed by atoms with Gasteiger partial charge in [-0.3, -0.25) is 0 Å². The third-order valence-electron chi connectivity index (χ3n) is 5.21. The topological polar surface area (TPSA) is 21.3 Å². The van der Waals surface area contributed by atoms with Gasteiger partial charge in [-0.1, -0.05) is 39.0 Å². The summed E-state index contributed by atoms with van der Waals surface area (Å²) < 4.78 is 5.57. The van der Waals surface area contributed by atoms with Gasteiger partial charge in [0.2, 0.25) is 0 Å². The summed E-state index contributed by atoms with van der Waals surface area (Å²) in [7, 11) is 2.15. The van der Waals surface area contributed by atoms with Crippen LogP contribution in [0.15, 0.2) is 0 Å². The number of hydrogen-bond donors (Lipinski definition) is 1. The average Bonchev–Trinajstić information content (AvgIpc) is 2.42. The Labute approximate surface area is 113 Å². The second-order valence-electron chi connectivity index (χ2n) is 6.48. The van der Waals surface area contributed by atoms with Crippen LogP contribution in [0.25, 0.3) is 0 Å².